The molecule has 98 valence electrons. The van der Waals surface area contributed by atoms with Crippen LogP contribution in [0.1, 0.15) is 39.0 Å². The van der Waals surface area contributed by atoms with Gasteiger partial charge in [-0.3, -0.25) is 4.99 Å². The van der Waals surface area contributed by atoms with Crippen LogP contribution in [0, 0.1) is 11.3 Å². The number of aliphatic imine (C=N–C) groups is 1. The van der Waals surface area contributed by atoms with Crippen molar-refractivity contribution in [3.8, 4) is 0 Å². The van der Waals surface area contributed by atoms with E-state index in [4.69, 9.17) is 10.5 Å². The molecule has 1 unspecified atom stereocenters. The van der Waals surface area contributed by atoms with Gasteiger partial charge >= 0.3 is 0 Å². The van der Waals surface area contributed by atoms with Gasteiger partial charge in [-0.1, -0.05) is 6.42 Å². The van der Waals surface area contributed by atoms with Crippen molar-refractivity contribution in [2.75, 3.05) is 20.3 Å². The summed E-state index contributed by atoms with van der Waals surface area (Å²) in [5.74, 6) is 1.51. The summed E-state index contributed by atoms with van der Waals surface area (Å²) in [6.45, 7) is 3.62. The predicted molar refractivity (Wildman–Crippen MR) is 70.0 cm³/mol. The van der Waals surface area contributed by atoms with E-state index in [1.54, 1.807) is 7.11 Å². The predicted octanol–water partition coefficient (Wildman–Crippen LogP) is 1.51. The van der Waals surface area contributed by atoms with E-state index in [2.05, 4.69) is 10.3 Å². The lowest BCUT2D eigenvalue weighted by atomic mass is 9.65. The van der Waals surface area contributed by atoms with Gasteiger partial charge in [0.2, 0.25) is 0 Å². The first kappa shape index (κ1) is 12.7. The summed E-state index contributed by atoms with van der Waals surface area (Å²) >= 11 is 0. The van der Waals surface area contributed by atoms with E-state index >= 15 is 0 Å². The molecule has 2 saturated carbocycles. The summed E-state index contributed by atoms with van der Waals surface area (Å²) in [6, 6.07) is 0.224. The second-order valence-electron chi connectivity index (χ2n) is 5.69. The number of hydrogen-bond acceptors (Lipinski definition) is 2. The Bertz CT molecular complexity index is 282. The fourth-order valence-corrected chi connectivity index (χ4v) is 2.85. The van der Waals surface area contributed by atoms with Crippen LogP contribution in [0.25, 0.3) is 0 Å². The summed E-state index contributed by atoms with van der Waals surface area (Å²) in [5.41, 5.74) is 6.41. The third-order valence-electron chi connectivity index (χ3n) is 4.17. The van der Waals surface area contributed by atoms with Gasteiger partial charge in [0.1, 0.15) is 0 Å². The Hall–Kier alpha value is -0.770. The molecule has 3 N–H and O–H groups in total. The third kappa shape index (κ3) is 3.12. The van der Waals surface area contributed by atoms with Crippen molar-refractivity contribution >= 4 is 5.96 Å². The second-order valence-corrected chi connectivity index (χ2v) is 5.69. The van der Waals surface area contributed by atoms with E-state index in [1.165, 1.54) is 32.1 Å². The van der Waals surface area contributed by atoms with Crippen molar-refractivity contribution in [1.82, 2.24) is 5.32 Å². The molecule has 4 heteroatoms. The van der Waals surface area contributed by atoms with E-state index in [9.17, 15) is 0 Å². The first-order valence-corrected chi connectivity index (χ1v) is 6.72. The first-order chi connectivity index (χ1) is 8.16. The molecule has 1 atom stereocenters. The lowest BCUT2D eigenvalue weighted by molar-refractivity contribution is 0.113. The number of nitrogens with zero attached hydrogens (tertiary/aromatic N) is 1. The highest BCUT2D eigenvalue weighted by Crippen LogP contribution is 2.57. The van der Waals surface area contributed by atoms with Crippen molar-refractivity contribution in [1.29, 1.82) is 0 Å². The van der Waals surface area contributed by atoms with Gasteiger partial charge in [-0.2, -0.15) is 0 Å². The summed E-state index contributed by atoms with van der Waals surface area (Å²) in [5, 5.41) is 3.16. The molecule has 17 heavy (non-hydrogen) atoms. The van der Waals surface area contributed by atoms with Gasteiger partial charge in [0.05, 0.1) is 6.61 Å². The number of nitrogens with one attached hydrogen (secondary N) is 1. The average molecular weight is 239 g/mol. The van der Waals surface area contributed by atoms with Gasteiger partial charge in [-0.25, -0.2) is 0 Å². The van der Waals surface area contributed by atoms with Crippen LogP contribution in [0.15, 0.2) is 4.99 Å². The maximum Gasteiger partial charge on any atom is 0.188 e. The van der Waals surface area contributed by atoms with Gasteiger partial charge in [0.15, 0.2) is 5.96 Å². The van der Waals surface area contributed by atoms with Gasteiger partial charge in [0.25, 0.3) is 0 Å². The minimum absolute atomic E-state index is 0.224. The number of methoxy groups -OCH3 is 1. The summed E-state index contributed by atoms with van der Waals surface area (Å²) in [7, 11) is 1.70. The third-order valence-corrected chi connectivity index (χ3v) is 4.17. The normalized spacial score (nSPS) is 25.2. The Labute approximate surface area is 104 Å². The van der Waals surface area contributed by atoms with E-state index in [-0.39, 0.29) is 6.04 Å². The molecule has 0 heterocycles. The maximum absolute atomic E-state index is 5.89. The SMILES string of the molecule is COCC(C)NC(N)=NCC1(C2CC2)CCC1. The quantitative estimate of drug-likeness (QED) is 0.545. The van der Waals surface area contributed by atoms with Crippen LogP contribution in [0.2, 0.25) is 0 Å². The highest BCUT2D eigenvalue weighted by molar-refractivity contribution is 5.78. The van der Waals surface area contributed by atoms with Crippen molar-refractivity contribution in [3.63, 3.8) is 0 Å². The number of ether oxygens (including phenoxy) is 1. The molecule has 0 radical (unpaired) electrons. The van der Waals surface area contributed by atoms with Crippen LogP contribution < -0.4 is 11.1 Å². The minimum Gasteiger partial charge on any atom is -0.383 e. The van der Waals surface area contributed by atoms with Crippen molar-refractivity contribution < 1.29 is 4.74 Å². The fourth-order valence-electron chi connectivity index (χ4n) is 2.85. The number of hydrogen-bond donors (Lipinski definition) is 2. The number of rotatable bonds is 6. The molecule has 0 aliphatic heterocycles. The zero-order chi connectivity index (χ0) is 12.3. The van der Waals surface area contributed by atoms with Gasteiger partial charge in [-0.15, -0.1) is 0 Å². The molecule has 0 amide bonds. The molecule has 0 bridgehead atoms. The van der Waals surface area contributed by atoms with E-state index in [1.807, 2.05) is 6.92 Å². The second kappa shape index (κ2) is 5.25. The zero-order valence-corrected chi connectivity index (χ0v) is 11.0. The Morgan fingerprint density at radius 3 is 2.71 bits per heavy atom. The smallest absolute Gasteiger partial charge is 0.188 e. The zero-order valence-electron chi connectivity index (χ0n) is 11.0. The molecular weight excluding hydrogens is 214 g/mol. The average Bonchev–Trinajstić information content (AvgIpc) is 3.00. The Kier molecular flexibility index (Phi) is 3.92. The largest absolute Gasteiger partial charge is 0.383 e. The van der Waals surface area contributed by atoms with Gasteiger partial charge in [-0.05, 0) is 43.9 Å². The van der Waals surface area contributed by atoms with Crippen LogP contribution in [-0.2, 0) is 4.74 Å². The van der Waals surface area contributed by atoms with Gasteiger partial charge in [0, 0.05) is 19.7 Å². The van der Waals surface area contributed by atoms with Crippen LogP contribution >= 0.6 is 0 Å². The summed E-state index contributed by atoms with van der Waals surface area (Å²) in [6.07, 6.45) is 6.88. The van der Waals surface area contributed by atoms with Crippen LogP contribution in [-0.4, -0.2) is 32.3 Å². The molecule has 2 rings (SSSR count). The molecule has 2 fully saturated rings. The van der Waals surface area contributed by atoms with E-state index in [0.29, 0.717) is 18.0 Å². The van der Waals surface area contributed by atoms with E-state index < -0.39 is 0 Å². The molecule has 0 aromatic carbocycles. The minimum atomic E-state index is 0.224. The summed E-state index contributed by atoms with van der Waals surface area (Å²) in [4.78, 5) is 4.53. The first-order valence-electron chi connectivity index (χ1n) is 6.72. The number of guanidine groups is 1. The monoisotopic (exact) mass is 239 g/mol. The molecule has 2 aliphatic carbocycles. The lowest BCUT2D eigenvalue weighted by Gasteiger charge is -2.41. The highest BCUT2D eigenvalue weighted by Gasteiger charge is 2.48. The standard InChI is InChI=1S/C13H25N3O/c1-10(8-17-2)16-12(14)15-9-13(6-3-7-13)11-4-5-11/h10-11H,3-9H2,1-2H3,(H3,14,15,16). The Balaban J connectivity index is 1.78. The molecule has 4 nitrogen and oxygen atoms in total. The maximum atomic E-state index is 5.89. The van der Waals surface area contributed by atoms with Gasteiger partial charge < -0.3 is 15.8 Å². The van der Waals surface area contributed by atoms with Crippen LogP contribution in [0.3, 0.4) is 0 Å². The van der Waals surface area contributed by atoms with Crippen molar-refractivity contribution in [2.45, 2.75) is 45.1 Å². The van der Waals surface area contributed by atoms with E-state index in [0.717, 1.165) is 12.5 Å². The molecule has 2 aliphatic rings. The molecular formula is C13H25N3O. The highest BCUT2D eigenvalue weighted by atomic mass is 16.5. The Morgan fingerprint density at radius 1 is 1.53 bits per heavy atom. The van der Waals surface area contributed by atoms with Crippen molar-refractivity contribution in [2.24, 2.45) is 22.1 Å². The molecule has 0 saturated heterocycles. The van der Waals surface area contributed by atoms with Crippen LogP contribution in [0.4, 0.5) is 0 Å². The summed E-state index contributed by atoms with van der Waals surface area (Å²) < 4.78 is 5.06. The topological polar surface area (TPSA) is 59.6 Å². The number of nitrogens with two attached hydrogens (primary N) is 1. The Morgan fingerprint density at radius 2 is 2.24 bits per heavy atom. The molecule has 0 aromatic heterocycles. The van der Waals surface area contributed by atoms with Crippen LogP contribution in [0.5, 0.6) is 0 Å². The fraction of sp³-hybridized carbons (Fsp3) is 0.923. The molecule has 0 spiro atoms. The molecule has 0 aromatic rings. The lowest BCUT2D eigenvalue weighted by Crippen LogP contribution is -2.42. The van der Waals surface area contributed by atoms with Crippen molar-refractivity contribution in [3.05, 3.63) is 0 Å².